The predicted molar refractivity (Wildman–Crippen MR) is 84.7 cm³/mol. The van der Waals surface area contributed by atoms with E-state index in [1.54, 1.807) is 11.3 Å². The Kier molecular flexibility index (Phi) is 4.61. The van der Waals surface area contributed by atoms with Crippen molar-refractivity contribution in [1.29, 1.82) is 0 Å². The standard InChI is InChI=1S/C16H22N2S/c1-12(2)18(11-14-7-6-10-19-14)16-9-5-4-8-15(16)13(3)17/h4-10,12-13H,11,17H2,1-3H3. The van der Waals surface area contributed by atoms with Crippen LogP contribution in [0.25, 0.3) is 0 Å². The van der Waals surface area contributed by atoms with Crippen LogP contribution < -0.4 is 10.6 Å². The van der Waals surface area contributed by atoms with E-state index in [9.17, 15) is 0 Å². The van der Waals surface area contributed by atoms with Gasteiger partial charge in [-0.05, 0) is 43.8 Å². The molecule has 1 atom stereocenters. The normalized spacial score (nSPS) is 12.7. The SMILES string of the molecule is CC(N)c1ccccc1N(Cc1cccs1)C(C)C. The molecule has 3 heteroatoms. The lowest BCUT2D eigenvalue weighted by atomic mass is 10.0. The number of rotatable bonds is 5. The Morgan fingerprint density at radius 1 is 1.11 bits per heavy atom. The van der Waals surface area contributed by atoms with Gasteiger partial charge >= 0.3 is 0 Å². The van der Waals surface area contributed by atoms with Crippen LogP contribution in [-0.4, -0.2) is 6.04 Å². The molecule has 0 fully saturated rings. The van der Waals surface area contributed by atoms with Crippen LogP contribution in [0, 0.1) is 0 Å². The van der Waals surface area contributed by atoms with E-state index < -0.39 is 0 Å². The maximum Gasteiger partial charge on any atom is 0.0525 e. The van der Waals surface area contributed by atoms with Gasteiger partial charge < -0.3 is 10.6 Å². The fraction of sp³-hybridized carbons (Fsp3) is 0.375. The fourth-order valence-electron chi connectivity index (χ4n) is 2.25. The Labute approximate surface area is 119 Å². The van der Waals surface area contributed by atoms with Gasteiger partial charge in [-0.3, -0.25) is 0 Å². The maximum absolute atomic E-state index is 6.10. The van der Waals surface area contributed by atoms with E-state index in [0.717, 1.165) is 6.54 Å². The first-order valence-electron chi connectivity index (χ1n) is 6.73. The van der Waals surface area contributed by atoms with Crippen molar-refractivity contribution in [2.24, 2.45) is 5.73 Å². The first-order valence-corrected chi connectivity index (χ1v) is 7.61. The van der Waals surface area contributed by atoms with Crippen molar-refractivity contribution in [3.8, 4) is 0 Å². The molecule has 0 radical (unpaired) electrons. The molecule has 0 aliphatic carbocycles. The summed E-state index contributed by atoms with van der Waals surface area (Å²) >= 11 is 1.80. The highest BCUT2D eigenvalue weighted by Gasteiger charge is 2.16. The van der Waals surface area contributed by atoms with Gasteiger partial charge in [-0.25, -0.2) is 0 Å². The van der Waals surface area contributed by atoms with E-state index in [-0.39, 0.29) is 6.04 Å². The largest absolute Gasteiger partial charge is 0.364 e. The van der Waals surface area contributed by atoms with E-state index in [1.165, 1.54) is 16.1 Å². The summed E-state index contributed by atoms with van der Waals surface area (Å²) in [7, 11) is 0. The van der Waals surface area contributed by atoms with Crippen LogP contribution in [0.3, 0.4) is 0 Å². The monoisotopic (exact) mass is 274 g/mol. The molecule has 2 aromatic rings. The van der Waals surface area contributed by atoms with Crippen LogP contribution in [0.4, 0.5) is 5.69 Å². The second-order valence-electron chi connectivity index (χ2n) is 5.15. The summed E-state index contributed by atoms with van der Waals surface area (Å²) in [6.07, 6.45) is 0. The van der Waals surface area contributed by atoms with Crippen LogP contribution >= 0.6 is 11.3 Å². The van der Waals surface area contributed by atoms with Crippen molar-refractivity contribution in [2.45, 2.75) is 39.4 Å². The van der Waals surface area contributed by atoms with Crippen LogP contribution in [0.15, 0.2) is 41.8 Å². The van der Waals surface area contributed by atoms with Gasteiger partial charge in [-0.15, -0.1) is 11.3 Å². The average molecular weight is 274 g/mol. The van der Waals surface area contributed by atoms with Crippen LogP contribution in [0.2, 0.25) is 0 Å². The molecule has 0 bridgehead atoms. The highest BCUT2D eigenvalue weighted by atomic mass is 32.1. The fourth-order valence-corrected chi connectivity index (χ4v) is 2.95. The molecule has 0 spiro atoms. The molecular formula is C16H22N2S. The first-order chi connectivity index (χ1) is 9.09. The van der Waals surface area contributed by atoms with Crippen LogP contribution in [0.1, 0.15) is 37.3 Å². The number of nitrogens with zero attached hydrogens (tertiary/aromatic N) is 1. The van der Waals surface area contributed by atoms with Crippen molar-refractivity contribution in [2.75, 3.05) is 4.90 Å². The third-order valence-corrected chi connectivity index (χ3v) is 4.13. The molecule has 0 saturated carbocycles. The molecule has 102 valence electrons. The van der Waals surface area contributed by atoms with E-state index in [0.29, 0.717) is 6.04 Å². The van der Waals surface area contributed by atoms with Crippen molar-refractivity contribution < 1.29 is 0 Å². The molecule has 2 rings (SSSR count). The average Bonchev–Trinajstić information content (AvgIpc) is 2.88. The predicted octanol–water partition coefficient (Wildman–Crippen LogP) is 4.18. The quantitative estimate of drug-likeness (QED) is 0.886. The van der Waals surface area contributed by atoms with Crippen LogP contribution in [-0.2, 0) is 6.54 Å². The number of thiophene rings is 1. The molecule has 0 saturated heterocycles. The lowest BCUT2D eigenvalue weighted by Gasteiger charge is -2.31. The molecule has 1 unspecified atom stereocenters. The Balaban J connectivity index is 2.34. The van der Waals surface area contributed by atoms with E-state index in [2.05, 4.69) is 60.5 Å². The first kappa shape index (κ1) is 14.1. The number of benzene rings is 1. The summed E-state index contributed by atoms with van der Waals surface area (Å²) < 4.78 is 0. The second-order valence-corrected chi connectivity index (χ2v) is 6.18. The number of hydrogen-bond acceptors (Lipinski definition) is 3. The van der Waals surface area contributed by atoms with Gasteiger partial charge in [0.2, 0.25) is 0 Å². The highest BCUT2D eigenvalue weighted by molar-refractivity contribution is 7.09. The highest BCUT2D eigenvalue weighted by Crippen LogP contribution is 2.28. The van der Waals surface area contributed by atoms with Gasteiger partial charge in [-0.2, -0.15) is 0 Å². The topological polar surface area (TPSA) is 29.3 Å². The van der Waals surface area contributed by atoms with Gasteiger partial charge in [0.05, 0.1) is 6.54 Å². The summed E-state index contributed by atoms with van der Waals surface area (Å²) in [4.78, 5) is 3.80. The minimum atomic E-state index is 0.0563. The number of anilines is 1. The Hall–Kier alpha value is -1.32. The molecule has 1 heterocycles. The molecule has 2 nitrogen and oxygen atoms in total. The van der Waals surface area contributed by atoms with Gasteiger partial charge in [0.25, 0.3) is 0 Å². The van der Waals surface area contributed by atoms with Crippen molar-refractivity contribution in [3.05, 3.63) is 52.2 Å². The number of nitrogens with two attached hydrogens (primary N) is 1. The second kappa shape index (κ2) is 6.22. The van der Waals surface area contributed by atoms with Gasteiger partial charge in [0.1, 0.15) is 0 Å². The van der Waals surface area contributed by atoms with Crippen molar-refractivity contribution in [3.63, 3.8) is 0 Å². The third-order valence-electron chi connectivity index (χ3n) is 3.27. The summed E-state index contributed by atoms with van der Waals surface area (Å²) in [5, 5.41) is 2.13. The van der Waals surface area contributed by atoms with E-state index in [4.69, 9.17) is 5.73 Å². The maximum atomic E-state index is 6.10. The summed E-state index contributed by atoms with van der Waals surface area (Å²) in [6, 6.07) is 13.3. The zero-order valence-electron chi connectivity index (χ0n) is 11.8. The summed E-state index contributed by atoms with van der Waals surface area (Å²) in [6.45, 7) is 7.44. The van der Waals surface area contributed by atoms with Crippen molar-refractivity contribution in [1.82, 2.24) is 0 Å². The molecule has 19 heavy (non-hydrogen) atoms. The Morgan fingerprint density at radius 2 is 1.84 bits per heavy atom. The summed E-state index contributed by atoms with van der Waals surface area (Å²) in [5.41, 5.74) is 8.57. The minimum absolute atomic E-state index is 0.0563. The zero-order chi connectivity index (χ0) is 13.8. The molecule has 1 aromatic heterocycles. The Morgan fingerprint density at radius 3 is 2.42 bits per heavy atom. The number of hydrogen-bond donors (Lipinski definition) is 1. The molecule has 2 N–H and O–H groups in total. The van der Waals surface area contributed by atoms with Gasteiger partial charge in [0.15, 0.2) is 0 Å². The molecule has 0 aliphatic heterocycles. The molecular weight excluding hydrogens is 252 g/mol. The Bertz CT molecular complexity index is 503. The molecule has 0 amide bonds. The zero-order valence-corrected chi connectivity index (χ0v) is 12.7. The molecule has 0 aliphatic rings. The molecule has 1 aromatic carbocycles. The minimum Gasteiger partial charge on any atom is -0.364 e. The van der Waals surface area contributed by atoms with Gasteiger partial charge in [0, 0.05) is 22.6 Å². The smallest absolute Gasteiger partial charge is 0.0525 e. The van der Waals surface area contributed by atoms with Crippen molar-refractivity contribution >= 4 is 17.0 Å². The van der Waals surface area contributed by atoms with Crippen LogP contribution in [0.5, 0.6) is 0 Å². The van der Waals surface area contributed by atoms with E-state index in [1.807, 2.05) is 6.92 Å². The third kappa shape index (κ3) is 3.37. The number of para-hydroxylation sites is 1. The summed E-state index contributed by atoms with van der Waals surface area (Å²) in [5.74, 6) is 0. The van der Waals surface area contributed by atoms with Gasteiger partial charge in [-0.1, -0.05) is 24.3 Å². The lowest BCUT2D eigenvalue weighted by Crippen LogP contribution is -2.31. The lowest BCUT2D eigenvalue weighted by molar-refractivity contribution is 0.676. The van der Waals surface area contributed by atoms with E-state index >= 15 is 0 Å².